The number of carbonyl (C=O) groups excluding carboxylic acids is 2. The van der Waals surface area contributed by atoms with Crippen LogP contribution in [0.2, 0.25) is 0 Å². The van der Waals surface area contributed by atoms with Crippen molar-refractivity contribution in [1.82, 2.24) is 10.6 Å². The largest absolute Gasteiger partial charge is 0.354 e. The molecule has 0 heterocycles. The van der Waals surface area contributed by atoms with Gasteiger partial charge in [-0.3, -0.25) is 9.59 Å². The number of amides is 2. The molecule has 0 aromatic rings. The van der Waals surface area contributed by atoms with E-state index in [-0.39, 0.29) is 17.4 Å². The van der Waals surface area contributed by atoms with Gasteiger partial charge in [0.2, 0.25) is 11.8 Å². The lowest BCUT2D eigenvalue weighted by atomic mass is 10.00. The molecule has 0 rings (SSSR count). The summed E-state index contributed by atoms with van der Waals surface area (Å²) in [5, 5.41) is 5.39. The van der Waals surface area contributed by atoms with E-state index in [4.69, 9.17) is 5.73 Å². The van der Waals surface area contributed by atoms with E-state index in [9.17, 15) is 9.59 Å². The molecular weight excluding hydrogens is 218 g/mol. The van der Waals surface area contributed by atoms with Crippen LogP contribution in [-0.2, 0) is 9.59 Å². The van der Waals surface area contributed by atoms with Gasteiger partial charge in [-0.05, 0) is 33.6 Å². The van der Waals surface area contributed by atoms with E-state index < -0.39 is 6.04 Å². The summed E-state index contributed by atoms with van der Waals surface area (Å²) in [5.74, 6) is -0.283. The quantitative estimate of drug-likeness (QED) is 0.610. The van der Waals surface area contributed by atoms with Gasteiger partial charge in [0.05, 0.1) is 0 Å². The summed E-state index contributed by atoms with van der Waals surface area (Å²) in [6.45, 7) is 8.04. The molecule has 0 spiro atoms. The van der Waals surface area contributed by atoms with E-state index in [1.165, 1.54) is 0 Å². The number of hydrogen-bond acceptors (Lipinski definition) is 3. The Kier molecular flexibility index (Phi) is 6.80. The maximum Gasteiger partial charge on any atom is 0.242 e. The molecule has 1 atom stereocenters. The Morgan fingerprint density at radius 3 is 2.41 bits per heavy atom. The third-order valence-electron chi connectivity index (χ3n) is 2.32. The van der Waals surface area contributed by atoms with Crippen LogP contribution in [0.15, 0.2) is 0 Å². The molecular formula is C12H25N3O2. The summed E-state index contributed by atoms with van der Waals surface area (Å²) in [6.07, 6.45) is 1.82. The molecule has 5 heteroatoms. The van der Waals surface area contributed by atoms with Crippen molar-refractivity contribution in [3.63, 3.8) is 0 Å². The van der Waals surface area contributed by atoms with E-state index in [0.29, 0.717) is 19.4 Å². The van der Waals surface area contributed by atoms with Gasteiger partial charge in [-0.2, -0.15) is 0 Å². The second-order valence-corrected chi connectivity index (χ2v) is 5.07. The first-order chi connectivity index (χ1) is 7.76. The van der Waals surface area contributed by atoms with Gasteiger partial charge < -0.3 is 16.4 Å². The Bertz CT molecular complexity index is 259. The summed E-state index contributed by atoms with van der Waals surface area (Å²) in [4.78, 5) is 23.0. The summed E-state index contributed by atoms with van der Waals surface area (Å²) in [6, 6.07) is -0.491. The highest BCUT2D eigenvalue weighted by molar-refractivity contribution is 5.87. The summed E-state index contributed by atoms with van der Waals surface area (Å²) >= 11 is 0. The zero-order valence-electron chi connectivity index (χ0n) is 11.3. The van der Waals surface area contributed by atoms with E-state index in [2.05, 4.69) is 10.6 Å². The highest BCUT2D eigenvalue weighted by Crippen LogP contribution is 2.06. The Hall–Kier alpha value is -1.10. The number of carbonyl (C=O) groups is 2. The first kappa shape index (κ1) is 15.9. The van der Waals surface area contributed by atoms with E-state index in [1.54, 1.807) is 6.92 Å². The first-order valence-electron chi connectivity index (χ1n) is 6.12. The van der Waals surface area contributed by atoms with Crippen molar-refractivity contribution in [2.45, 2.75) is 58.5 Å². The number of rotatable bonds is 7. The lowest BCUT2D eigenvalue weighted by Crippen LogP contribution is -2.45. The van der Waals surface area contributed by atoms with Crippen LogP contribution in [0.4, 0.5) is 0 Å². The molecule has 0 saturated heterocycles. The molecule has 0 aliphatic carbocycles. The average molecular weight is 243 g/mol. The Morgan fingerprint density at radius 2 is 1.94 bits per heavy atom. The molecule has 0 fully saturated rings. The Morgan fingerprint density at radius 1 is 1.35 bits per heavy atom. The summed E-state index contributed by atoms with van der Waals surface area (Å²) in [5.41, 5.74) is 5.42. The van der Waals surface area contributed by atoms with Crippen LogP contribution in [0.3, 0.4) is 0 Å². The van der Waals surface area contributed by atoms with Gasteiger partial charge in [0.25, 0.3) is 0 Å². The minimum absolute atomic E-state index is 0.136. The van der Waals surface area contributed by atoms with Crippen molar-refractivity contribution in [2.75, 3.05) is 6.54 Å². The molecule has 0 aliphatic heterocycles. The predicted molar refractivity (Wildman–Crippen MR) is 68.4 cm³/mol. The monoisotopic (exact) mass is 243 g/mol. The molecule has 2 amide bonds. The maximum absolute atomic E-state index is 11.5. The molecule has 100 valence electrons. The van der Waals surface area contributed by atoms with E-state index >= 15 is 0 Å². The van der Waals surface area contributed by atoms with Crippen molar-refractivity contribution in [3.8, 4) is 0 Å². The highest BCUT2D eigenvalue weighted by Gasteiger charge is 2.17. The fourth-order valence-electron chi connectivity index (χ4n) is 1.22. The van der Waals surface area contributed by atoms with Crippen LogP contribution in [0.25, 0.3) is 0 Å². The summed E-state index contributed by atoms with van der Waals surface area (Å²) in [7, 11) is 0. The van der Waals surface area contributed by atoms with Gasteiger partial charge in [0, 0.05) is 18.5 Å². The molecule has 5 nitrogen and oxygen atoms in total. The minimum Gasteiger partial charge on any atom is -0.354 e. The molecule has 0 aromatic carbocycles. The zero-order valence-corrected chi connectivity index (χ0v) is 11.3. The number of hydrogen-bond donors (Lipinski definition) is 3. The van der Waals surface area contributed by atoms with E-state index in [1.807, 2.05) is 20.8 Å². The zero-order chi connectivity index (χ0) is 13.5. The average Bonchev–Trinajstić information content (AvgIpc) is 2.22. The fraction of sp³-hybridized carbons (Fsp3) is 0.833. The van der Waals surface area contributed by atoms with Crippen molar-refractivity contribution >= 4 is 11.8 Å². The molecule has 0 aromatic heterocycles. The molecule has 1 unspecified atom stereocenters. The molecule has 0 radical (unpaired) electrons. The highest BCUT2D eigenvalue weighted by atomic mass is 16.2. The van der Waals surface area contributed by atoms with Gasteiger partial charge in [0.15, 0.2) is 0 Å². The smallest absolute Gasteiger partial charge is 0.242 e. The topological polar surface area (TPSA) is 84.2 Å². The van der Waals surface area contributed by atoms with Crippen LogP contribution < -0.4 is 16.4 Å². The van der Waals surface area contributed by atoms with Gasteiger partial charge in [0.1, 0.15) is 6.04 Å². The minimum atomic E-state index is -0.491. The van der Waals surface area contributed by atoms with E-state index in [0.717, 1.165) is 6.42 Å². The summed E-state index contributed by atoms with van der Waals surface area (Å²) < 4.78 is 0. The number of nitrogens with one attached hydrogen (secondary N) is 2. The maximum atomic E-state index is 11.5. The lowest BCUT2D eigenvalue weighted by molar-refractivity contribution is -0.128. The first-order valence-corrected chi connectivity index (χ1v) is 6.12. The predicted octanol–water partition coefficient (Wildman–Crippen LogP) is 0.535. The van der Waals surface area contributed by atoms with Crippen molar-refractivity contribution < 1.29 is 9.59 Å². The third-order valence-corrected chi connectivity index (χ3v) is 2.32. The van der Waals surface area contributed by atoms with Gasteiger partial charge in [-0.1, -0.05) is 6.92 Å². The second-order valence-electron chi connectivity index (χ2n) is 5.07. The van der Waals surface area contributed by atoms with Crippen LogP contribution in [0, 0.1) is 0 Å². The Labute approximate surface area is 104 Å². The number of nitrogens with two attached hydrogens (primary N) is 1. The van der Waals surface area contributed by atoms with Crippen molar-refractivity contribution in [1.29, 1.82) is 0 Å². The standard InChI is InChI=1S/C12H25N3O2/c1-5-8-14-11(17)9(2)15-10(16)6-7-12(3,4)13/h9H,5-8,13H2,1-4H3,(H,14,17)(H,15,16). The van der Waals surface area contributed by atoms with Gasteiger partial charge >= 0.3 is 0 Å². The molecule has 0 aliphatic rings. The fourth-order valence-corrected chi connectivity index (χ4v) is 1.22. The van der Waals surface area contributed by atoms with Crippen molar-refractivity contribution in [2.24, 2.45) is 5.73 Å². The Balaban J connectivity index is 3.91. The molecule has 0 saturated carbocycles. The lowest BCUT2D eigenvalue weighted by Gasteiger charge is -2.19. The second kappa shape index (κ2) is 7.27. The van der Waals surface area contributed by atoms with Crippen LogP contribution in [0.1, 0.15) is 47.0 Å². The third kappa shape index (κ3) is 8.68. The van der Waals surface area contributed by atoms with Crippen LogP contribution >= 0.6 is 0 Å². The van der Waals surface area contributed by atoms with Crippen LogP contribution in [-0.4, -0.2) is 29.9 Å². The van der Waals surface area contributed by atoms with Gasteiger partial charge in [-0.25, -0.2) is 0 Å². The molecule has 4 N–H and O–H groups in total. The SMILES string of the molecule is CCCNC(=O)C(C)NC(=O)CCC(C)(C)N. The normalized spacial score (nSPS) is 13.0. The molecule has 17 heavy (non-hydrogen) atoms. The van der Waals surface area contributed by atoms with Crippen molar-refractivity contribution in [3.05, 3.63) is 0 Å². The van der Waals surface area contributed by atoms with Gasteiger partial charge in [-0.15, -0.1) is 0 Å². The van der Waals surface area contributed by atoms with Crippen LogP contribution in [0.5, 0.6) is 0 Å². The molecule has 0 bridgehead atoms.